The van der Waals surface area contributed by atoms with Gasteiger partial charge >= 0.3 is 19.1 Å². The van der Waals surface area contributed by atoms with Gasteiger partial charge in [0.1, 0.15) is 5.75 Å². The Morgan fingerprint density at radius 1 is 1.11 bits per heavy atom. The largest absolute Gasteiger partial charge is 0.482 e. The number of ether oxygens (including phenoxy) is 2. The number of benzene rings is 1. The molecule has 1 atom stereocenters. The number of hydrogen-bond donors (Lipinski definition) is 1. The minimum absolute atomic E-state index is 0.111. The molecule has 0 aromatic heterocycles. The van der Waals surface area contributed by atoms with Crippen LogP contribution in [0.25, 0.3) is 0 Å². The fourth-order valence-electron chi connectivity index (χ4n) is 2.78. The van der Waals surface area contributed by atoms with E-state index in [2.05, 4.69) is 0 Å². The molecule has 1 aliphatic rings. The Morgan fingerprint density at radius 2 is 1.67 bits per heavy atom. The summed E-state index contributed by atoms with van der Waals surface area (Å²) in [6.07, 6.45) is 0.111. The molecule has 7 nitrogen and oxygen atoms in total. The molecule has 0 bridgehead atoms. The Hall–Kier alpha value is -2.06. The number of carbonyl (C=O) groups excluding carboxylic acids is 1. The Kier molecular flexibility index (Phi) is 6.54. The van der Waals surface area contributed by atoms with Gasteiger partial charge in [0.25, 0.3) is 0 Å². The van der Waals surface area contributed by atoms with Crippen LogP contribution in [0, 0.1) is 0 Å². The second-order valence-corrected chi connectivity index (χ2v) is 7.49. The maximum Gasteiger partial charge on any atom is 0.466 e. The first-order valence-electron chi connectivity index (χ1n) is 9.01. The van der Waals surface area contributed by atoms with Gasteiger partial charge in [-0.3, -0.25) is 4.79 Å². The summed E-state index contributed by atoms with van der Waals surface area (Å²) in [6, 6.07) is 6.90. The first kappa shape index (κ1) is 21.2. The van der Waals surface area contributed by atoms with Crippen LogP contribution in [0.5, 0.6) is 5.75 Å². The maximum atomic E-state index is 12.1. The molecule has 0 saturated carbocycles. The highest BCUT2D eigenvalue weighted by Crippen LogP contribution is 2.42. The van der Waals surface area contributed by atoms with Gasteiger partial charge in [0.2, 0.25) is 0 Å². The van der Waals surface area contributed by atoms with E-state index in [0.717, 1.165) is 5.56 Å². The Balaban J connectivity index is 2.22. The third-order valence-electron chi connectivity index (χ3n) is 4.96. The van der Waals surface area contributed by atoms with Crippen molar-refractivity contribution in [2.45, 2.75) is 58.1 Å². The molecule has 27 heavy (non-hydrogen) atoms. The van der Waals surface area contributed by atoms with E-state index in [9.17, 15) is 9.59 Å². The fraction of sp³-hybridized carbons (Fsp3) is 0.579. The van der Waals surface area contributed by atoms with E-state index in [1.165, 1.54) is 0 Å². The summed E-state index contributed by atoms with van der Waals surface area (Å²) < 4.78 is 22.5. The van der Waals surface area contributed by atoms with Gasteiger partial charge < -0.3 is 23.9 Å². The monoisotopic (exact) mass is 378 g/mol. The first-order valence-corrected chi connectivity index (χ1v) is 9.01. The van der Waals surface area contributed by atoms with Crippen LogP contribution in [0.15, 0.2) is 24.3 Å². The van der Waals surface area contributed by atoms with E-state index in [1.54, 1.807) is 31.2 Å². The lowest BCUT2D eigenvalue weighted by Gasteiger charge is -2.32. The molecule has 1 aromatic rings. The molecule has 8 heteroatoms. The van der Waals surface area contributed by atoms with Crippen LogP contribution in [0.2, 0.25) is 0 Å². The molecular weight excluding hydrogens is 351 g/mol. The highest BCUT2D eigenvalue weighted by atomic mass is 16.7. The third-order valence-corrected chi connectivity index (χ3v) is 4.96. The highest BCUT2D eigenvalue weighted by molar-refractivity contribution is 6.48. The minimum Gasteiger partial charge on any atom is -0.482 e. The van der Waals surface area contributed by atoms with Crippen LogP contribution in [0.1, 0.15) is 52.4 Å². The summed E-state index contributed by atoms with van der Waals surface area (Å²) in [5.74, 6) is -1.30. The summed E-state index contributed by atoms with van der Waals surface area (Å²) in [7, 11) is -0.606. The van der Waals surface area contributed by atoms with E-state index in [4.69, 9.17) is 23.9 Å². The maximum absolute atomic E-state index is 12.1. The zero-order valence-electron chi connectivity index (χ0n) is 16.5. The summed E-state index contributed by atoms with van der Waals surface area (Å²) in [6.45, 7) is 9.47. The van der Waals surface area contributed by atoms with Crippen LogP contribution in [-0.2, 0) is 23.6 Å². The smallest absolute Gasteiger partial charge is 0.466 e. The lowest BCUT2D eigenvalue weighted by atomic mass is 9.66. The van der Waals surface area contributed by atoms with Crippen LogP contribution >= 0.6 is 0 Å². The predicted octanol–water partition coefficient (Wildman–Crippen LogP) is 2.82. The number of esters is 1. The third kappa shape index (κ3) is 5.23. The zero-order chi connectivity index (χ0) is 20.2. The van der Waals surface area contributed by atoms with Crippen molar-refractivity contribution in [3.05, 3.63) is 29.8 Å². The average molecular weight is 378 g/mol. The number of carboxylic acids is 1. The van der Waals surface area contributed by atoms with Crippen molar-refractivity contribution in [1.29, 1.82) is 0 Å². The molecule has 2 rings (SSSR count). The van der Waals surface area contributed by atoms with Crippen molar-refractivity contribution in [1.82, 2.24) is 0 Å². The van der Waals surface area contributed by atoms with Crippen LogP contribution < -0.4 is 4.74 Å². The first-order chi connectivity index (χ1) is 12.6. The summed E-state index contributed by atoms with van der Waals surface area (Å²) in [5, 5.41) is 8.70. The van der Waals surface area contributed by atoms with E-state index < -0.39 is 30.9 Å². The van der Waals surface area contributed by atoms with Gasteiger partial charge in [0.15, 0.2) is 6.61 Å². The molecule has 1 aliphatic heterocycles. The zero-order valence-corrected chi connectivity index (χ0v) is 16.5. The van der Waals surface area contributed by atoms with Crippen molar-refractivity contribution in [2.24, 2.45) is 0 Å². The SMILES string of the molecule is CCOC(=O)CC(B1OC(C)(C)C(C)(C)O1)c1ccc(OCC(=O)O)cc1. The average Bonchev–Trinajstić information content (AvgIpc) is 2.79. The van der Waals surface area contributed by atoms with E-state index >= 15 is 0 Å². The van der Waals surface area contributed by atoms with Crippen molar-refractivity contribution < 1.29 is 33.5 Å². The Bertz CT molecular complexity index is 653. The van der Waals surface area contributed by atoms with Gasteiger partial charge in [-0.15, -0.1) is 0 Å². The Labute approximate surface area is 160 Å². The lowest BCUT2D eigenvalue weighted by Crippen LogP contribution is -2.41. The van der Waals surface area contributed by atoms with Gasteiger partial charge in [-0.25, -0.2) is 4.79 Å². The lowest BCUT2D eigenvalue weighted by molar-refractivity contribution is -0.143. The van der Waals surface area contributed by atoms with Gasteiger partial charge in [-0.2, -0.15) is 0 Å². The fourth-order valence-corrected chi connectivity index (χ4v) is 2.78. The standard InChI is InChI=1S/C19H27BO7/c1-6-24-17(23)11-15(20-26-18(2,3)19(4,5)27-20)13-7-9-14(10-8-13)25-12-16(21)22/h7-10,15H,6,11-12H2,1-5H3,(H,21,22). The highest BCUT2D eigenvalue weighted by Gasteiger charge is 2.54. The molecule has 1 N–H and O–H groups in total. The molecule has 148 valence electrons. The molecular formula is C19H27BO7. The Morgan fingerprint density at radius 3 is 2.15 bits per heavy atom. The van der Waals surface area contributed by atoms with Crippen molar-refractivity contribution in [3.63, 3.8) is 0 Å². The quantitative estimate of drug-likeness (QED) is 0.549. The molecule has 0 spiro atoms. The summed E-state index contributed by atoms with van der Waals surface area (Å²) in [5.41, 5.74) is -0.214. The normalized spacial score (nSPS) is 18.8. The molecule has 0 amide bonds. The van der Waals surface area contributed by atoms with Crippen LogP contribution in [0.3, 0.4) is 0 Å². The number of rotatable bonds is 8. The van der Waals surface area contributed by atoms with Gasteiger partial charge in [-0.05, 0) is 52.3 Å². The molecule has 0 radical (unpaired) electrons. The predicted molar refractivity (Wildman–Crippen MR) is 99.6 cm³/mol. The van der Waals surface area contributed by atoms with E-state index in [-0.39, 0.29) is 18.2 Å². The number of carbonyl (C=O) groups is 2. The number of carboxylic acid groups (broad SMARTS) is 1. The second-order valence-electron chi connectivity index (χ2n) is 7.49. The summed E-state index contributed by atoms with van der Waals surface area (Å²) >= 11 is 0. The molecule has 1 unspecified atom stereocenters. The number of aliphatic carboxylic acids is 1. The van der Waals surface area contributed by atoms with E-state index in [1.807, 2.05) is 27.7 Å². The van der Waals surface area contributed by atoms with Gasteiger partial charge in [0.05, 0.1) is 24.2 Å². The summed E-state index contributed by atoms with van der Waals surface area (Å²) in [4.78, 5) is 22.7. The topological polar surface area (TPSA) is 91.3 Å². The van der Waals surface area contributed by atoms with Gasteiger partial charge in [0, 0.05) is 5.82 Å². The minimum atomic E-state index is -1.04. The van der Waals surface area contributed by atoms with Gasteiger partial charge in [-0.1, -0.05) is 12.1 Å². The molecule has 1 fully saturated rings. The van der Waals surface area contributed by atoms with Crippen molar-refractivity contribution >= 4 is 19.1 Å². The second kappa shape index (κ2) is 8.31. The molecule has 1 aromatic carbocycles. The van der Waals surface area contributed by atoms with E-state index in [0.29, 0.717) is 12.4 Å². The van der Waals surface area contributed by atoms with Crippen LogP contribution in [-0.4, -0.2) is 48.6 Å². The van der Waals surface area contributed by atoms with Crippen molar-refractivity contribution in [2.75, 3.05) is 13.2 Å². The molecule has 1 saturated heterocycles. The molecule has 0 aliphatic carbocycles. The molecule has 1 heterocycles. The van der Waals surface area contributed by atoms with Crippen molar-refractivity contribution in [3.8, 4) is 5.75 Å². The van der Waals surface area contributed by atoms with Crippen LogP contribution in [0.4, 0.5) is 0 Å². The number of hydrogen-bond acceptors (Lipinski definition) is 6.